The first-order valence-corrected chi connectivity index (χ1v) is 4.34. The molecule has 0 saturated carbocycles. The van der Waals surface area contributed by atoms with Crippen LogP contribution in [0.2, 0.25) is 0 Å². The molecule has 0 spiro atoms. The summed E-state index contributed by atoms with van der Waals surface area (Å²) in [6.07, 6.45) is -1.40. The Bertz CT molecular complexity index is 325. The van der Waals surface area contributed by atoms with Crippen molar-refractivity contribution in [2.45, 2.75) is 13.2 Å². The number of Topliss-reactive ketones (excluding diaryl/α,β-unsaturated/α-hetero) is 1. The van der Waals surface area contributed by atoms with Crippen molar-refractivity contribution in [3.05, 3.63) is 29.8 Å². The SMILES string of the molecule is CCOC(O)C(=O)c1cccc(N)c1. The second-order valence-electron chi connectivity index (χ2n) is 2.80. The van der Waals surface area contributed by atoms with Crippen LogP contribution >= 0.6 is 0 Å². The van der Waals surface area contributed by atoms with Gasteiger partial charge >= 0.3 is 0 Å². The van der Waals surface area contributed by atoms with Gasteiger partial charge in [0.2, 0.25) is 12.1 Å². The molecule has 1 aromatic rings. The van der Waals surface area contributed by atoms with E-state index < -0.39 is 12.1 Å². The molecule has 14 heavy (non-hydrogen) atoms. The van der Waals surface area contributed by atoms with Crippen molar-refractivity contribution in [3.63, 3.8) is 0 Å². The summed E-state index contributed by atoms with van der Waals surface area (Å²) in [5.74, 6) is -0.473. The van der Waals surface area contributed by atoms with Gasteiger partial charge in [-0.05, 0) is 19.1 Å². The predicted molar refractivity (Wildman–Crippen MR) is 52.8 cm³/mol. The van der Waals surface area contributed by atoms with Crippen molar-refractivity contribution in [2.75, 3.05) is 12.3 Å². The van der Waals surface area contributed by atoms with Crippen LogP contribution in [0.3, 0.4) is 0 Å². The Kier molecular flexibility index (Phi) is 3.62. The van der Waals surface area contributed by atoms with E-state index in [2.05, 4.69) is 0 Å². The first-order chi connectivity index (χ1) is 6.65. The Morgan fingerprint density at radius 2 is 2.36 bits per heavy atom. The fourth-order valence-electron chi connectivity index (χ4n) is 1.07. The molecule has 4 heteroatoms. The number of ether oxygens (including phenoxy) is 1. The summed E-state index contributed by atoms with van der Waals surface area (Å²) < 4.78 is 4.76. The van der Waals surface area contributed by atoms with Gasteiger partial charge in [-0.1, -0.05) is 12.1 Å². The van der Waals surface area contributed by atoms with Crippen LogP contribution < -0.4 is 5.73 Å². The topological polar surface area (TPSA) is 72.5 Å². The van der Waals surface area contributed by atoms with E-state index in [0.717, 1.165) is 0 Å². The fourth-order valence-corrected chi connectivity index (χ4v) is 1.07. The molecule has 1 aromatic carbocycles. The number of nitrogens with two attached hydrogens (primary N) is 1. The molecular formula is C10H13NO3. The lowest BCUT2D eigenvalue weighted by Crippen LogP contribution is -2.23. The van der Waals surface area contributed by atoms with Crippen LogP contribution in [0, 0.1) is 0 Å². The van der Waals surface area contributed by atoms with E-state index in [4.69, 9.17) is 10.5 Å². The maximum Gasteiger partial charge on any atom is 0.220 e. The lowest BCUT2D eigenvalue weighted by molar-refractivity contribution is -0.0674. The molecule has 0 aromatic heterocycles. The van der Waals surface area contributed by atoms with Gasteiger partial charge in [-0.2, -0.15) is 0 Å². The second kappa shape index (κ2) is 4.74. The van der Waals surface area contributed by atoms with Gasteiger partial charge in [0.1, 0.15) is 0 Å². The highest BCUT2D eigenvalue weighted by Gasteiger charge is 2.16. The van der Waals surface area contributed by atoms with Gasteiger partial charge in [0.15, 0.2) is 0 Å². The number of carbonyl (C=O) groups is 1. The van der Waals surface area contributed by atoms with Crippen molar-refractivity contribution >= 4 is 11.5 Å². The number of anilines is 1. The molecule has 0 aliphatic rings. The molecule has 0 saturated heterocycles. The summed E-state index contributed by atoms with van der Waals surface area (Å²) >= 11 is 0. The number of benzene rings is 1. The zero-order valence-corrected chi connectivity index (χ0v) is 7.93. The summed E-state index contributed by atoms with van der Waals surface area (Å²) in [5.41, 5.74) is 6.33. The Balaban J connectivity index is 2.78. The molecule has 0 heterocycles. The second-order valence-corrected chi connectivity index (χ2v) is 2.80. The Morgan fingerprint density at radius 1 is 1.64 bits per heavy atom. The molecule has 0 bridgehead atoms. The monoisotopic (exact) mass is 195 g/mol. The number of aliphatic hydroxyl groups excluding tert-OH is 1. The Labute approximate surface area is 82.3 Å². The van der Waals surface area contributed by atoms with E-state index in [1.165, 1.54) is 6.07 Å². The van der Waals surface area contributed by atoms with Gasteiger partial charge in [0, 0.05) is 17.9 Å². The van der Waals surface area contributed by atoms with Gasteiger partial charge in [-0.3, -0.25) is 4.79 Å². The van der Waals surface area contributed by atoms with Gasteiger partial charge in [0.25, 0.3) is 0 Å². The largest absolute Gasteiger partial charge is 0.399 e. The van der Waals surface area contributed by atoms with E-state index in [1.807, 2.05) is 0 Å². The van der Waals surface area contributed by atoms with Gasteiger partial charge in [-0.15, -0.1) is 0 Å². The van der Waals surface area contributed by atoms with E-state index in [0.29, 0.717) is 11.3 Å². The maximum atomic E-state index is 11.5. The molecule has 0 radical (unpaired) electrons. The van der Waals surface area contributed by atoms with Crippen molar-refractivity contribution in [1.82, 2.24) is 0 Å². The van der Waals surface area contributed by atoms with Crippen molar-refractivity contribution in [2.24, 2.45) is 0 Å². The van der Waals surface area contributed by atoms with Gasteiger partial charge < -0.3 is 15.6 Å². The average molecular weight is 195 g/mol. The summed E-state index contributed by atoms with van der Waals surface area (Å²) in [4.78, 5) is 11.5. The van der Waals surface area contributed by atoms with Crippen LogP contribution in [-0.2, 0) is 4.74 Å². The number of ketones is 1. The molecule has 3 N–H and O–H groups in total. The Hall–Kier alpha value is -1.39. The van der Waals surface area contributed by atoms with Gasteiger partial charge in [0.05, 0.1) is 0 Å². The smallest absolute Gasteiger partial charge is 0.220 e. The standard InChI is InChI=1S/C10H13NO3/c1-2-14-10(13)9(12)7-4-3-5-8(11)6-7/h3-6,10,13H,2,11H2,1H3. The summed E-state index contributed by atoms with van der Waals surface area (Å²) in [5, 5.41) is 9.25. The Morgan fingerprint density at radius 3 is 2.93 bits per heavy atom. The van der Waals surface area contributed by atoms with Crippen LogP contribution in [0.4, 0.5) is 5.69 Å². The zero-order valence-electron chi connectivity index (χ0n) is 7.93. The average Bonchev–Trinajstić information content (AvgIpc) is 2.17. The highest BCUT2D eigenvalue weighted by molar-refractivity contribution is 5.99. The summed E-state index contributed by atoms with van der Waals surface area (Å²) in [6, 6.07) is 6.41. The molecule has 76 valence electrons. The van der Waals surface area contributed by atoms with Crippen molar-refractivity contribution < 1.29 is 14.6 Å². The maximum absolute atomic E-state index is 11.5. The van der Waals surface area contributed by atoms with E-state index >= 15 is 0 Å². The fraction of sp³-hybridized carbons (Fsp3) is 0.300. The molecule has 1 atom stereocenters. The van der Waals surface area contributed by atoms with E-state index in [1.54, 1.807) is 25.1 Å². The van der Waals surface area contributed by atoms with Gasteiger partial charge in [-0.25, -0.2) is 0 Å². The van der Waals surface area contributed by atoms with Crippen LogP contribution in [0.1, 0.15) is 17.3 Å². The minimum Gasteiger partial charge on any atom is -0.399 e. The molecule has 4 nitrogen and oxygen atoms in total. The molecule has 0 aliphatic carbocycles. The number of carbonyl (C=O) groups excluding carboxylic acids is 1. The van der Waals surface area contributed by atoms with E-state index in [-0.39, 0.29) is 6.61 Å². The number of nitrogen functional groups attached to an aromatic ring is 1. The molecule has 1 unspecified atom stereocenters. The number of rotatable bonds is 4. The van der Waals surface area contributed by atoms with Crippen LogP contribution in [0.25, 0.3) is 0 Å². The van der Waals surface area contributed by atoms with Crippen molar-refractivity contribution in [3.8, 4) is 0 Å². The molecular weight excluding hydrogens is 182 g/mol. The lowest BCUT2D eigenvalue weighted by atomic mass is 10.1. The quantitative estimate of drug-likeness (QED) is 0.423. The van der Waals surface area contributed by atoms with Crippen LogP contribution in [0.5, 0.6) is 0 Å². The minimum absolute atomic E-state index is 0.287. The predicted octanol–water partition coefficient (Wildman–Crippen LogP) is 0.806. The first kappa shape index (κ1) is 10.7. The van der Waals surface area contributed by atoms with Crippen molar-refractivity contribution in [1.29, 1.82) is 0 Å². The molecule has 0 fully saturated rings. The molecule has 1 rings (SSSR count). The third kappa shape index (κ3) is 2.55. The zero-order chi connectivity index (χ0) is 10.6. The highest BCUT2D eigenvalue weighted by atomic mass is 16.6. The summed E-state index contributed by atoms with van der Waals surface area (Å²) in [7, 11) is 0. The third-order valence-corrected chi connectivity index (χ3v) is 1.72. The lowest BCUT2D eigenvalue weighted by Gasteiger charge is -2.09. The number of aliphatic hydroxyl groups is 1. The minimum atomic E-state index is -1.40. The normalized spacial score (nSPS) is 12.4. The van der Waals surface area contributed by atoms with Crippen LogP contribution in [-0.4, -0.2) is 23.8 Å². The number of hydrogen-bond acceptors (Lipinski definition) is 4. The molecule has 0 aliphatic heterocycles. The number of hydrogen-bond donors (Lipinski definition) is 2. The van der Waals surface area contributed by atoms with E-state index in [9.17, 15) is 9.90 Å². The highest BCUT2D eigenvalue weighted by Crippen LogP contribution is 2.09. The van der Waals surface area contributed by atoms with Crippen LogP contribution in [0.15, 0.2) is 24.3 Å². The third-order valence-electron chi connectivity index (χ3n) is 1.72. The molecule has 0 amide bonds. The first-order valence-electron chi connectivity index (χ1n) is 4.34. The summed E-state index contributed by atoms with van der Waals surface area (Å²) in [6.45, 7) is 1.99.